The minimum Gasteiger partial charge on any atom is -0.290 e. The summed E-state index contributed by atoms with van der Waals surface area (Å²) in [5, 5.41) is 13.4. The molecule has 2 aromatic rings. The van der Waals surface area contributed by atoms with Gasteiger partial charge in [0.15, 0.2) is 11.5 Å². The molecule has 1 aliphatic rings. The second-order valence-electron chi connectivity index (χ2n) is 2.84. The maximum absolute atomic E-state index is 11.4. The Labute approximate surface area is 75.3 Å². The molecular weight excluding hydrogens is 188 g/mol. The molecule has 1 aliphatic heterocycles. The normalized spacial score (nSPS) is 13.7. The van der Waals surface area contributed by atoms with Gasteiger partial charge in [-0.3, -0.25) is 4.98 Å². The zero-order valence-electron chi connectivity index (χ0n) is 6.81. The molecule has 0 atom stereocenters. The van der Waals surface area contributed by atoms with Gasteiger partial charge in [0.2, 0.25) is 0 Å². The Balaban J connectivity index is 2.65. The van der Waals surface area contributed by atoms with Gasteiger partial charge >= 0.3 is 11.4 Å². The SMILES string of the molecule is O=c1[nH]nc2c3c([nH]c(=O)n12)N=NC3. The first-order valence-corrected chi connectivity index (χ1v) is 3.87. The third kappa shape index (κ3) is 0.696. The predicted molar refractivity (Wildman–Crippen MR) is 44.7 cm³/mol. The molecule has 14 heavy (non-hydrogen) atoms. The number of nitrogens with zero attached hydrogens (tertiary/aromatic N) is 4. The van der Waals surface area contributed by atoms with E-state index in [0.29, 0.717) is 23.6 Å². The van der Waals surface area contributed by atoms with Crippen molar-refractivity contribution in [1.29, 1.82) is 0 Å². The molecule has 8 heteroatoms. The van der Waals surface area contributed by atoms with Crippen LogP contribution in [0.25, 0.3) is 5.65 Å². The summed E-state index contributed by atoms with van der Waals surface area (Å²) in [7, 11) is 0. The van der Waals surface area contributed by atoms with Crippen molar-refractivity contribution in [2.45, 2.75) is 6.54 Å². The summed E-state index contributed by atoms with van der Waals surface area (Å²) >= 11 is 0. The van der Waals surface area contributed by atoms with E-state index < -0.39 is 11.4 Å². The molecule has 0 bridgehead atoms. The first-order valence-electron chi connectivity index (χ1n) is 3.87. The van der Waals surface area contributed by atoms with Crippen LogP contribution in [0.15, 0.2) is 19.8 Å². The molecule has 0 fully saturated rings. The average molecular weight is 192 g/mol. The highest BCUT2D eigenvalue weighted by Gasteiger charge is 2.17. The number of hydrogen-bond acceptors (Lipinski definition) is 5. The molecule has 0 saturated heterocycles. The molecule has 0 radical (unpaired) electrons. The Hall–Kier alpha value is -2.25. The summed E-state index contributed by atoms with van der Waals surface area (Å²) in [4.78, 5) is 25.0. The van der Waals surface area contributed by atoms with Crippen molar-refractivity contribution in [3.63, 3.8) is 0 Å². The first kappa shape index (κ1) is 7.18. The Morgan fingerprint density at radius 3 is 3.00 bits per heavy atom. The van der Waals surface area contributed by atoms with Gasteiger partial charge in [-0.05, 0) is 0 Å². The zero-order chi connectivity index (χ0) is 9.71. The second kappa shape index (κ2) is 2.16. The fourth-order valence-electron chi connectivity index (χ4n) is 1.43. The third-order valence-electron chi connectivity index (χ3n) is 2.06. The van der Waals surface area contributed by atoms with Crippen molar-refractivity contribution < 1.29 is 0 Å². The van der Waals surface area contributed by atoms with E-state index in [2.05, 4.69) is 25.4 Å². The minimum absolute atomic E-state index is 0.291. The number of aromatic amines is 2. The van der Waals surface area contributed by atoms with Crippen LogP contribution in [-0.2, 0) is 6.54 Å². The van der Waals surface area contributed by atoms with E-state index in [9.17, 15) is 9.59 Å². The van der Waals surface area contributed by atoms with Crippen LogP contribution < -0.4 is 11.4 Å². The minimum atomic E-state index is -0.559. The first-order chi connectivity index (χ1) is 6.77. The van der Waals surface area contributed by atoms with E-state index in [1.165, 1.54) is 0 Å². The van der Waals surface area contributed by atoms with Gasteiger partial charge in [0.25, 0.3) is 0 Å². The quantitative estimate of drug-likeness (QED) is 0.576. The molecule has 0 aromatic carbocycles. The smallest absolute Gasteiger partial charge is 0.290 e. The Morgan fingerprint density at radius 2 is 2.14 bits per heavy atom. The summed E-state index contributed by atoms with van der Waals surface area (Å²) in [5.41, 5.74) is -0.170. The molecule has 70 valence electrons. The van der Waals surface area contributed by atoms with Crippen molar-refractivity contribution in [3.8, 4) is 0 Å². The van der Waals surface area contributed by atoms with Gasteiger partial charge in [0.1, 0.15) is 0 Å². The molecule has 0 amide bonds. The molecule has 0 saturated carbocycles. The third-order valence-corrected chi connectivity index (χ3v) is 2.06. The second-order valence-corrected chi connectivity index (χ2v) is 2.84. The van der Waals surface area contributed by atoms with Gasteiger partial charge in [-0.25, -0.2) is 14.7 Å². The summed E-state index contributed by atoms with van der Waals surface area (Å²) in [6, 6.07) is 0. The number of azo groups is 1. The van der Waals surface area contributed by atoms with Crippen LogP contribution >= 0.6 is 0 Å². The van der Waals surface area contributed by atoms with E-state index in [1.807, 2.05) is 0 Å². The fourth-order valence-corrected chi connectivity index (χ4v) is 1.43. The van der Waals surface area contributed by atoms with Crippen LogP contribution in [0.1, 0.15) is 5.56 Å². The molecule has 3 rings (SSSR count). The number of hydrogen-bond donors (Lipinski definition) is 2. The maximum atomic E-state index is 11.4. The highest BCUT2D eigenvalue weighted by Crippen LogP contribution is 2.24. The standard InChI is InChI=1S/C6H4N6O2/c13-5-8-3-2(1-7-9-3)4-10-11-6(14)12(4)5/h1H2,(H,8,13)(H,11,14). The lowest BCUT2D eigenvalue weighted by Gasteiger charge is -1.95. The molecule has 0 spiro atoms. The fraction of sp³-hybridized carbons (Fsp3) is 0.167. The number of H-pyrrole nitrogens is 2. The molecule has 2 aromatic heterocycles. The van der Waals surface area contributed by atoms with Crippen LogP contribution in [0.5, 0.6) is 0 Å². The summed E-state index contributed by atoms with van der Waals surface area (Å²) in [6.07, 6.45) is 0. The van der Waals surface area contributed by atoms with Gasteiger partial charge in [-0.2, -0.15) is 14.6 Å². The largest absolute Gasteiger partial charge is 0.351 e. The highest BCUT2D eigenvalue weighted by molar-refractivity contribution is 5.57. The van der Waals surface area contributed by atoms with E-state index in [0.717, 1.165) is 4.40 Å². The van der Waals surface area contributed by atoms with Gasteiger partial charge in [0.05, 0.1) is 12.1 Å². The lowest BCUT2D eigenvalue weighted by atomic mass is 10.3. The number of nitrogens with one attached hydrogen (secondary N) is 2. The molecule has 0 aliphatic carbocycles. The molecular formula is C6H4N6O2. The summed E-state index contributed by atoms with van der Waals surface area (Å²) in [6.45, 7) is 0.333. The van der Waals surface area contributed by atoms with Gasteiger partial charge in [-0.1, -0.05) is 0 Å². The molecule has 8 nitrogen and oxygen atoms in total. The van der Waals surface area contributed by atoms with E-state index in [1.54, 1.807) is 0 Å². The van der Waals surface area contributed by atoms with Crippen molar-refractivity contribution in [2.75, 3.05) is 0 Å². The van der Waals surface area contributed by atoms with Crippen LogP contribution in [0.4, 0.5) is 5.82 Å². The Bertz CT molecular complexity index is 659. The summed E-state index contributed by atoms with van der Waals surface area (Å²) < 4.78 is 0.926. The number of rotatable bonds is 0. The van der Waals surface area contributed by atoms with E-state index in [-0.39, 0.29) is 0 Å². The van der Waals surface area contributed by atoms with Crippen LogP contribution in [0.2, 0.25) is 0 Å². The monoisotopic (exact) mass is 192 g/mol. The lowest BCUT2D eigenvalue weighted by molar-refractivity contribution is 0.939. The van der Waals surface area contributed by atoms with Crippen LogP contribution in [-0.4, -0.2) is 19.6 Å². The van der Waals surface area contributed by atoms with Crippen molar-refractivity contribution >= 4 is 11.5 Å². The van der Waals surface area contributed by atoms with E-state index in [4.69, 9.17) is 0 Å². The Kier molecular flexibility index (Phi) is 1.11. The van der Waals surface area contributed by atoms with Crippen molar-refractivity contribution in [3.05, 3.63) is 26.5 Å². The topological polar surface area (TPSA) is 108 Å². The highest BCUT2D eigenvalue weighted by atomic mass is 16.2. The molecule has 2 N–H and O–H groups in total. The van der Waals surface area contributed by atoms with Gasteiger partial charge in [0, 0.05) is 0 Å². The van der Waals surface area contributed by atoms with Crippen LogP contribution in [0.3, 0.4) is 0 Å². The van der Waals surface area contributed by atoms with Gasteiger partial charge in [-0.15, -0.1) is 5.11 Å². The van der Waals surface area contributed by atoms with Crippen molar-refractivity contribution in [1.82, 2.24) is 19.6 Å². The van der Waals surface area contributed by atoms with Gasteiger partial charge < -0.3 is 0 Å². The predicted octanol–water partition coefficient (Wildman–Crippen LogP) is -0.692. The summed E-state index contributed by atoms with van der Waals surface area (Å²) in [5.74, 6) is 0.376. The Morgan fingerprint density at radius 1 is 1.29 bits per heavy atom. The van der Waals surface area contributed by atoms with Crippen LogP contribution in [0, 0.1) is 0 Å². The maximum Gasteiger partial charge on any atom is 0.351 e. The number of aromatic nitrogens is 4. The zero-order valence-corrected chi connectivity index (χ0v) is 6.81. The van der Waals surface area contributed by atoms with E-state index >= 15 is 0 Å². The number of fused-ring (bicyclic) bond motifs is 3. The molecule has 3 heterocycles. The van der Waals surface area contributed by atoms with Crippen molar-refractivity contribution in [2.24, 2.45) is 10.2 Å². The average Bonchev–Trinajstić information content (AvgIpc) is 2.71. The molecule has 0 unspecified atom stereocenters. The lowest BCUT2D eigenvalue weighted by Crippen LogP contribution is -2.26.